The summed E-state index contributed by atoms with van der Waals surface area (Å²) in [5.74, 6) is -2.29. The molecule has 0 aliphatic carbocycles. The van der Waals surface area contributed by atoms with E-state index in [0.29, 0.717) is 38.8 Å². The number of nitrogens with zero attached hydrogens (tertiary/aromatic N) is 2. The van der Waals surface area contributed by atoms with Crippen LogP contribution in [0.15, 0.2) is 25.3 Å². The van der Waals surface area contributed by atoms with E-state index in [4.69, 9.17) is 9.47 Å². The maximum Gasteiger partial charge on any atom is 0.312 e. The Morgan fingerprint density at radius 2 is 1.97 bits per heavy atom. The van der Waals surface area contributed by atoms with Crippen molar-refractivity contribution in [3.63, 3.8) is 0 Å². The first-order valence-electron chi connectivity index (χ1n) is 13.7. The zero-order valence-electron chi connectivity index (χ0n) is 22.1. The summed E-state index contributed by atoms with van der Waals surface area (Å²) >= 11 is 0. The molecule has 1 N–H and O–H groups in total. The van der Waals surface area contributed by atoms with Crippen LogP contribution in [0.4, 0.5) is 0 Å². The average Bonchev–Trinajstić information content (AvgIpc) is 3.48. The van der Waals surface area contributed by atoms with Gasteiger partial charge in [-0.25, -0.2) is 0 Å². The number of hydrogen-bond acceptors (Lipinski definition) is 6. The molecule has 0 radical (unpaired) electrons. The zero-order valence-corrected chi connectivity index (χ0v) is 22.1. The van der Waals surface area contributed by atoms with Gasteiger partial charge in [-0.3, -0.25) is 14.4 Å². The van der Waals surface area contributed by atoms with Gasteiger partial charge in [0.05, 0.1) is 18.1 Å². The highest BCUT2D eigenvalue weighted by Crippen LogP contribution is 2.64. The van der Waals surface area contributed by atoms with Crippen LogP contribution in [-0.2, 0) is 23.9 Å². The smallest absolute Gasteiger partial charge is 0.312 e. The topological polar surface area (TPSA) is 96.4 Å². The first-order chi connectivity index (χ1) is 17.4. The number of carbonyl (C=O) groups is 3. The van der Waals surface area contributed by atoms with Gasteiger partial charge in [-0.15, -0.1) is 13.2 Å². The number of likely N-dealkylation sites (tertiary alicyclic amines) is 1. The monoisotopic (exact) mass is 504 g/mol. The first kappa shape index (κ1) is 28.4. The Hall–Kier alpha value is -2.19. The molecular weight excluding hydrogens is 460 g/mol. The van der Waals surface area contributed by atoms with Gasteiger partial charge in [0.2, 0.25) is 11.8 Å². The van der Waals surface area contributed by atoms with Crippen molar-refractivity contribution in [2.45, 2.75) is 88.9 Å². The summed E-state index contributed by atoms with van der Waals surface area (Å²) < 4.78 is 12.4. The molecular formula is C28H44N2O6. The minimum Gasteiger partial charge on any atom is -0.465 e. The number of hydrogen-bond donors (Lipinski definition) is 1. The van der Waals surface area contributed by atoms with Gasteiger partial charge in [-0.2, -0.15) is 0 Å². The van der Waals surface area contributed by atoms with Crippen molar-refractivity contribution in [3.05, 3.63) is 25.3 Å². The Kier molecular flexibility index (Phi) is 9.75. The molecule has 2 unspecified atom stereocenters. The van der Waals surface area contributed by atoms with E-state index in [-0.39, 0.29) is 31.6 Å². The summed E-state index contributed by atoms with van der Waals surface area (Å²) in [5, 5.41) is 9.50. The molecule has 8 nitrogen and oxygen atoms in total. The number of amides is 2. The molecule has 1 spiro atoms. The van der Waals surface area contributed by atoms with Gasteiger partial charge >= 0.3 is 5.97 Å². The average molecular weight is 505 g/mol. The SMILES string of the molecule is C=CCCCCOC(=O)[C@@H]1[C@H]2C(=O)N(CCCO)C(C(=O)N(CC=C)CCCC)C23CC[C@@]1(CC)O3. The fourth-order valence-electron chi connectivity index (χ4n) is 6.46. The Morgan fingerprint density at radius 3 is 2.61 bits per heavy atom. The highest BCUT2D eigenvalue weighted by Gasteiger charge is 2.79. The highest BCUT2D eigenvalue weighted by molar-refractivity contribution is 5.98. The molecule has 5 atom stereocenters. The van der Waals surface area contributed by atoms with E-state index in [0.717, 1.165) is 32.1 Å². The number of fused-ring (bicyclic) bond motifs is 1. The zero-order chi connectivity index (χ0) is 26.3. The van der Waals surface area contributed by atoms with E-state index in [1.165, 1.54) is 0 Å². The van der Waals surface area contributed by atoms with Gasteiger partial charge in [0, 0.05) is 26.2 Å². The van der Waals surface area contributed by atoms with Crippen molar-refractivity contribution < 1.29 is 29.0 Å². The molecule has 2 amide bonds. The molecule has 0 aromatic rings. The lowest BCUT2D eigenvalue weighted by Crippen LogP contribution is -2.56. The van der Waals surface area contributed by atoms with Crippen LogP contribution in [0.25, 0.3) is 0 Å². The molecule has 0 aromatic carbocycles. The summed E-state index contributed by atoms with van der Waals surface area (Å²) in [6, 6.07) is -0.822. The van der Waals surface area contributed by atoms with Gasteiger partial charge < -0.3 is 24.4 Å². The second-order valence-corrected chi connectivity index (χ2v) is 10.3. The van der Waals surface area contributed by atoms with Gasteiger partial charge in [-0.05, 0) is 51.4 Å². The third-order valence-corrected chi connectivity index (χ3v) is 8.22. The molecule has 0 aromatic heterocycles. The Labute approximate surface area is 215 Å². The Morgan fingerprint density at radius 1 is 1.19 bits per heavy atom. The summed E-state index contributed by atoms with van der Waals surface area (Å²) in [6.45, 7) is 13.0. The van der Waals surface area contributed by atoms with Crippen LogP contribution >= 0.6 is 0 Å². The van der Waals surface area contributed by atoms with E-state index in [1.807, 2.05) is 13.0 Å². The van der Waals surface area contributed by atoms with Crippen LogP contribution in [0, 0.1) is 11.8 Å². The van der Waals surface area contributed by atoms with Gasteiger partial charge in [0.1, 0.15) is 17.6 Å². The number of unbranched alkanes of at least 4 members (excludes halogenated alkanes) is 3. The quantitative estimate of drug-likeness (QED) is 0.197. The molecule has 3 aliphatic rings. The third-order valence-electron chi connectivity index (χ3n) is 8.22. The largest absolute Gasteiger partial charge is 0.465 e. The molecule has 3 saturated heterocycles. The molecule has 8 heteroatoms. The van der Waals surface area contributed by atoms with Gasteiger partial charge in [0.25, 0.3) is 0 Å². The van der Waals surface area contributed by atoms with Crippen molar-refractivity contribution in [1.29, 1.82) is 0 Å². The molecule has 3 rings (SSSR count). The normalized spacial score (nSPS) is 30.4. The fraction of sp³-hybridized carbons (Fsp3) is 0.750. The van der Waals surface area contributed by atoms with E-state index in [9.17, 15) is 19.5 Å². The molecule has 3 fully saturated rings. The molecule has 36 heavy (non-hydrogen) atoms. The van der Waals surface area contributed by atoms with Crippen molar-refractivity contribution in [1.82, 2.24) is 9.80 Å². The van der Waals surface area contributed by atoms with Crippen molar-refractivity contribution >= 4 is 17.8 Å². The van der Waals surface area contributed by atoms with E-state index < -0.39 is 35.0 Å². The van der Waals surface area contributed by atoms with E-state index in [2.05, 4.69) is 20.1 Å². The number of aliphatic hydroxyl groups is 1. The molecule has 3 heterocycles. The van der Waals surface area contributed by atoms with Crippen LogP contribution in [0.1, 0.15) is 71.6 Å². The molecule has 3 aliphatic heterocycles. The lowest BCUT2D eigenvalue weighted by Gasteiger charge is -2.37. The number of ether oxygens (including phenoxy) is 2. The number of aliphatic hydroxyl groups excluding tert-OH is 1. The first-order valence-corrected chi connectivity index (χ1v) is 13.7. The summed E-state index contributed by atoms with van der Waals surface area (Å²) in [4.78, 5) is 44.7. The number of rotatable bonds is 16. The summed E-state index contributed by atoms with van der Waals surface area (Å²) in [7, 11) is 0. The van der Waals surface area contributed by atoms with Crippen LogP contribution < -0.4 is 0 Å². The van der Waals surface area contributed by atoms with Crippen molar-refractivity contribution in [2.75, 3.05) is 32.8 Å². The maximum atomic E-state index is 14.0. The van der Waals surface area contributed by atoms with Gasteiger partial charge in [0.15, 0.2) is 0 Å². The molecule has 2 bridgehead atoms. The maximum absolute atomic E-state index is 14.0. The standard InChI is InChI=1S/C28H44N2O6/c1-5-9-11-12-20-35-26(34)22-21-24(32)30(18-13-19-31)23(25(33)29(16-7-3)17-10-6-2)28(21)15-14-27(22,8-4)36-28/h5,7,21-23,31H,1,3,6,8-20H2,2,4H3/t21-,22-,23?,27+,28?/m0/s1. The second kappa shape index (κ2) is 12.4. The van der Waals surface area contributed by atoms with Crippen LogP contribution in [0.2, 0.25) is 0 Å². The predicted octanol–water partition coefficient (Wildman–Crippen LogP) is 3.24. The number of allylic oxidation sites excluding steroid dienone is 1. The van der Waals surface area contributed by atoms with Crippen LogP contribution in [0.5, 0.6) is 0 Å². The predicted molar refractivity (Wildman–Crippen MR) is 137 cm³/mol. The van der Waals surface area contributed by atoms with E-state index in [1.54, 1.807) is 15.9 Å². The summed E-state index contributed by atoms with van der Waals surface area (Å²) in [6.07, 6.45) is 9.85. The Bertz CT molecular complexity index is 831. The van der Waals surface area contributed by atoms with Crippen LogP contribution in [-0.4, -0.2) is 82.8 Å². The fourth-order valence-corrected chi connectivity index (χ4v) is 6.46. The van der Waals surface area contributed by atoms with Crippen molar-refractivity contribution in [2.24, 2.45) is 11.8 Å². The molecule has 0 saturated carbocycles. The minimum atomic E-state index is -1.06. The lowest BCUT2D eigenvalue weighted by molar-refractivity contribution is -0.162. The van der Waals surface area contributed by atoms with Gasteiger partial charge in [-0.1, -0.05) is 32.4 Å². The third kappa shape index (κ3) is 4.99. The molecule has 202 valence electrons. The minimum absolute atomic E-state index is 0.0928. The lowest BCUT2D eigenvalue weighted by atomic mass is 9.65. The second-order valence-electron chi connectivity index (χ2n) is 10.3. The summed E-state index contributed by atoms with van der Waals surface area (Å²) in [5.41, 5.74) is -1.86. The Balaban J connectivity index is 1.94. The highest BCUT2D eigenvalue weighted by atomic mass is 16.6. The number of carbonyl (C=O) groups excluding carboxylic acids is 3. The van der Waals surface area contributed by atoms with Crippen LogP contribution in [0.3, 0.4) is 0 Å². The van der Waals surface area contributed by atoms with E-state index >= 15 is 0 Å². The number of esters is 1. The van der Waals surface area contributed by atoms with Crippen molar-refractivity contribution in [3.8, 4) is 0 Å².